The van der Waals surface area contributed by atoms with Crippen LogP contribution in [0.4, 0.5) is 0 Å². The average molecular weight is 142 g/mol. The van der Waals surface area contributed by atoms with E-state index in [-0.39, 0.29) is 0 Å². The van der Waals surface area contributed by atoms with E-state index >= 15 is 0 Å². The van der Waals surface area contributed by atoms with Crippen molar-refractivity contribution >= 4 is 0 Å². The third-order valence-corrected chi connectivity index (χ3v) is 1.51. The molecule has 0 atom stereocenters. The van der Waals surface area contributed by atoms with Gasteiger partial charge in [-0.25, -0.2) is 0 Å². The van der Waals surface area contributed by atoms with Crippen LogP contribution in [0.5, 0.6) is 0 Å². The van der Waals surface area contributed by atoms with Crippen LogP contribution in [0.3, 0.4) is 0 Å². The average Bonchev–Trinajstić information content (AvgIpc) is 1.89. The van der Waals surface area contributed by atoms with Crippen molar-refractivity contribution < 1.29 is 10.8 Å². The van der Waals surface area contributed by atoms with Crippen LogP contribution in [0, 0.1) is 0 Å². The predicted molar refractivity (Wildman–Crippen MR) is 42.3 cm³/mol. The van der Waals surface area contributed by atoms with E-state index in [1.165, 1.54) is 0 Å². The fraction of sp³-hybridized carbons (Fsp3) is 0.500. The van der Waals surface area contributed by atoms with E-state index in [0.29, 0.717) is 19.4 Å². The molecule has 0 aliphatic carbocycles. The van der Waals surface area contributed by atoms with E-state index in [1.807, 2.05) is 0 Å². The maximum absolute atomic E-state index is 9.62. The zero-order valence-electron chi connectivity index (χ0n) is 6.34. The summed E-state index contributed by atoms with van der Waals surface area (Å²) in [5, 5.41) is 9.62. The minimum Gasteiger partial charge on any atom is -0.383 e. The smallest absolute Gasteiger partial charge is 0.120 e. The number of rotatable bonds is 5. The molecule has 0 spiro atoms. The third kappa shape index (κ3) is 2.80. The topological polar surface area (TPSA) is 47.9 Å². The molecule has 0 radical (unpaired) electrons. The Kier molecular flexibility index (Phi) is 4.00. The molecule has 0 aromatic rings. The van der Waals surface area contributed by atoms with Gasteiger partial charge >= 0.3 is 0 Å². The van der Waals surface area contributed by atoms with Gasteiger partial charge in [0.05, 0.1) is 0 Å². The van der Waals surface area contributed by atoms with Crippen molar-refractivity contribution in [3.8, 4) is 0 Å². The second-order valence-electron chi connectivity index (χ2n) is 2.46. The summed E-state index contributed by atoms with van der Waals surface area (Å²) in [6.07, 6.45) is 4.58. The highest BCUT2D eigenvalue weighted by Crippen LogP contribution is 2.13. The highest BCUT2D eigenvalue weighted by Gasteiger charge is 2.23. The lowest BCUT2D eigenvalue weighted by Gasteiger charge is -2.20. The summed E-state index contributed by atoms with van der Waals surface area (Å²) < 4.78 is 0. The molecule has 0 unspecified atom stereocenters. The lowest BCUT2D eigenvalue weighted by Crippen LogP contribution is -2.61. The Morgan fingerprint density at radius 1 is 1.30 bits per heavy atom. The minimum atomic E-state index is -0.705. The fourth-order valence-electron chi connectivity index (χ4n) is 0.825. The van der Waals surface area contributed by atoms with Crippen LogP contribution >= 0.6 is 0 Å². The predicted octanol–water partition coefficient (Wildman–Crippen LogP) is 0.112. The summed E-state index contributed by atoms with van der Waals surface area (Å²) in [5.74, 6) is 0. The van der Waals surface area contributed by atoms with Crippen LogP contribution in [0.25, 0.3) is 0 Å². The van der Waals surface area contributed by atoms with E-state index < -0.39 is 5.60 Å². The van der Waals surface area contributed by atoms with Gasteiger partial charge in [-0.1, -0.05) is 12.2 Å². The molecule has 2 heteroatoms. The lowest BCUT2D eigenvalue weighted by molar-refractivity contribution is -0.399. The van der Waals surface area contributed by atoms with E-state index in [1.54, 1.807) is 12.2 Å². The first kappa shape index (κ1) is 9.40. The molecule has 0 amide bonds. The van der Waals surface area contributed by atoms with Crippen LogP contribution in [-0.2, 0) is 0 Å². The van der Waals surface area contributed by atoms with Gasteiger partial charge in [0.15, 0.2) is 0 Å². The second kappa shape index (κ2) is 4.25. The minimum absolute atomic E-state index is 0.505. The molecule has 0 fully saturated rings. The maximum Gasteiger partial charge on any atom is 0.120 e. The van der Waals surface area contributed by atoms with Crippen LogP contribution in [0.1, 0.15) is 12.8 Å². The molecule has 2 nitrogen and oxygen atoms in total. The van der Waals surface area contributed by atoms with Crippen LogP contribution in [0.2, 0.25) is 0 Å². The standard InChI is InChI=1S/C8H15NO/c1-3-5-8(10,7-9)6-4-2/h3-4,10H,1-2,5-7,9H2/p+1. The first-order valence-electron chi connectivity index (χ1n) is 3.42. The third-order valence-electron chi connectivity index (χ3n) is 1.51. The molecule has 0 aliphatic rings. The Morgan fingerprint density at radius 2 is 1.70 bits per heavy atom. The Hall–Kier alpha value is -0.600. The highest BCUT2D eigenvalue weighted by atomic mass is 16.3. The molecule has 10 heavy (non-hydrogen) atoms. The number of hydrogen-bond donors (Lipinski definition) is 2. The van der Waals surface area contributed by atoms with Crippen molar-refractivity contribution in [2.75, 3.05) is 6.54 Å². The number of hydrogen-bond acceptors (Lipinski definition) is 1. The Morgan fingerprint density at radius 3 is 1.90 bits per heavy atom. The van der Waals surface area contributed by atoms with E-state index in [4.69, 9.17) is 0 Å². The Bertz CT molecular complexity index is 110. The molecule has 0 saturated carbocycles. The molecule has 0 aromatic heterocycles. The number of aliphatic hydroxyl groups is 1. The molecule has 0 bridgehead atoms. The first-order valence-corrected chi connectivity index (χ1v) is 3.42. The molecular formula is C8H16NO+. The van der Waals surface area contributed by atoms with Crippen LogP contribution < -0.4 is 5.73 Å². The van der Waals surface area contributed by atoms with Gasteiger partial charge in [0.25, 0.3) is 0 Å². The summed E-state index contributed by atoms with van der Waals surface area (Å²) in [6, 6.07) is 0. The largest absolute Gasteiger partial charge is 0.383 e. The van der Waals surface area contributed by atoms with Crippen molar-refractivity contribution in [1.29, 1.82) is 0 Å². The first-order chi connectivity index (χ1) is 4.68. The van der Waals surface area contributed by atoms with Gasteiger partial charge in [0, 0.05) is 0 Å². The normalized spacial score (nSPS) is 11.0. The van der Waals surface area contributed by atoms with Crippen LogP contribution in [-0.4, -0.2) is 17.3 Å². The molecule has 0 heterocycles. The zero-order valence-corrected chi connectivity index (χ0v) is 6.34. The van der Waals surface area contributed by atoms with Crippen molar-refractivity contribution in [3.63, 3.8) is 0 Å². The second-order valence-corrected chi connectivity index (χ2v) is 2.46. The zero-order chi connectivity index (χ0) is 8.04. The van der Waals surface area contributed by atoms with E-state index in [0.717, 1.165) is 0 Å². The van der Waals surface area contributed by atoms with Crippen molar-refractivity contribution in [1.82, 2.24) is 0 Å². The quantitative estimate of drug-likeness (QED) is 0.526. The summed E-state index contributed by atoms with van der Waals surface area (Å²) >= 11 is 0. The summed E-state index contributed by atoms with van der Waals surface area (Å²) in [4.78, 5) is 0. The maximum atomic E-state index is 9.62. The van der Waals surface area contributed by atoms with Gasteiger partial charge in [0.2, 0.25) is 0 Å². The van der Waals surface area contributed by atoms with E-state index in [9.17, 15) is 5.11 Å². The Balaban J connectivity index is 3.92. The fourth-order valence-corrected chi connectivity index (χ4v) is 0.825. The van der Waals surface area contributed by atoms with Gasteiger partial charge in [-0.3, -0.25) is 0 Å². The molecule has 4 N–H and O–H groups in total. The van der Waals surface area contributed by atoms with Gasteiger partial charge in [-0.05, 0) is 12.8 Å². The van der Waals surface area contributed by atoms with Crippen LogP contribution in [0.15, 0.2) is 25.3 Å². The SMILES string of the molecule is C=CCC(O)(C[NH3+])CC=C. The molecule has 0 aromatic carbocycles. The Labute approximate surface area is 62.0 Å². The molecule has 0 aliphatic heterocycles. The van der Waals surface area contributed by atoms with Crippen molar-refractivity contribution in [3.05, 3.63) is 25.3 Å². The summed E-state index contributed by atoms with van der Waals surface area (Å²) in [6.45, 7) is 7.61. The summed E-state index contributed by atoms with van der Waals surface area (Å²) in [7, 11) is 0. The molecule has 58 valence electrons. The lowest BCUT2D eigenvalue weighted by atomic mass is 9.96. The molecular weight excluding hydrogens is 126 g/mol. The van der Waals surface area contributed by atoms with Gasteiger partial charge < -0.3 is 10.8 Å². The summed E-state index contributed by atoms with van der Waals surface area (Å²) in [5.41, 5.74) is 2.94. The van der Waals surface area contributed by atoms with Gasteiger partial charge in [0.1, 0.15) is 12.1 Å². The molecule has 0 rings (SSSR count). The number of quaternary nitrogens is 1. The van der Waals surface area contributed by atoms with Crippen molar-refractivity contribution in [2.45, 2.75) is 18.4 Å². The molecule has 0 saturated heterocycles. The highest BCUT2D eigenvalue weighted by molar-refractivity contribution is 4.90. The van der Waals surface area contributed by atoms with E-state index in [2.05, 4.69) is 18.9 Å². The monoisotopic (exact) mass is 142 g/mol. The van der Waals surface area contributed by atoms with Crippen molar-refractivity contribution in [2.24, 2.45) is 0 Å². The van der Waals surface area contributed by atoms with Gasteiger partial charge in [-0.15, -0.1) is 13.2 Å². The van der Waals surface area contributed by atoms with Gasteiger partial charge in [-0.2, -0.15) is 0 Å².